The van der Waals surface area contributed by atoms with E-state index in [4.69, 9.17) is 0 Å². The van der Waals surface area contributed by atoms with Crippen LogP contribution in [-0.4, -0.2) is 14.2 Å². The first-order chi connectivity index (χ1) is 12.1. The predicted octanol–water partition coefficient (Wildman–Crippen LogP) is 4.97. The van der Waals surface area contributed by atoms with Crippen LogP contribution in [0.1, 0.15) is 12.6 Å². The van der Waals surface area contributed by atoms with Gasteiger partial charge < -0.3 is 9.67 Å². The van der Waals surface area contributed by atoms with Gasteiger partial charge in [0.1, 0.15) is 5.82 Å². The van der Waals surface area contributed by atoms with Crippen molar-refractivity contribution < 1.29 is 13.9 Å². The molecule has 3 nitrogen and oxygen atoms in total. The molecule has 5 heteroatoms. The van der Waals surface area contributed by atoms with Crippen LogP contribution in [0.25, 0.3) is 22.4 Å². The number of phenolic OH excluding ortho intramolecular Hbond substituents is 1. The summed E-state index contributed by atoms with van der Waals surface area (Å²) in [5.74, 6) is -2.31. The molecule has 25 heavy (non-hydrogen) atoms. The van der Waals surface area contributed by atoms with Gasteiger partial charge in [-0.2, -0.15) is 4.39 Å². The Morgan fingerprint density at radius 2 is 1.76 bits per heavy atom. The molecular weight excluding hydrogens is 322 g/mol. The summed E-state index contributed by atoms with van der Waals surface area (Å²) in [6, 6.07) is 16.0. The summed E-state index contributed by atoms with van der Waals surface area (Å²) in [6.07, 6.45) is 2.71. The third-order valence-electron chi connectivity index (χ3n) is 4.42. The minimum absolute atomic E-state index is 0.0576. The molecule has 0 aliphatic rings. The van der Waals surface area contributed by atoms with Crippen molar-refractivity contribution in [2.45, 2.75) is 13.3 Å². The first-order valence-electron chi connectivity index (χ1n) is 8.06. The number of fused-ring (bicyclic) bond motifs is 1. The third kappa shape index (κ3) is 2.31. The number of aromatic hydroxyl groups is 1. The maximum Gasteiger partial charge on any atom is 0.202 e. The molecule has 0 aliphatic heterocycles. The average Bonchev–Trinajstić information content (AvgIpc) is 3.24. The summed E-state index contributed by atoms with van der Waals surface area (Å²) >= 11 is 0. The molecule has 1 N–H and O–H groups in total. The van der Waals surface area contributed by atoms with E-state index in [1.807, 2.05) is 60.2 Å². The van der Waals surface area contributed by atoms with E-state index in [-0.39, 0.29) is 5.69 Å². The highest BCUT2D eigenvalue weighted by atomic mass is 19.2. The fourth-order valence-corrected chi connectivity index (χ4v) is 3.20. The Kier molecular flexibility index (Phi) is 3.57. The normalized spacial score (nSPS) is 11.3. The highest BCUT2D eigenvalue weighted by Gasteiger charge is 2.20. The zero-order chi connectivity index (χ0) is 17.6. The van der Waals surface area contributed by atoms with Gasteiger partial charge in [-0.05, 0) is 42.8 Å². The lowest BCUT2D eigenvalue weighted by Gasteiger charge is -2.15. The van der Waals surface area contributed by atoms with Crippen molar-refractivity contribution in [3.8, 4) is 17.3 Å². The van der Waals surface area contributed by atoms with Gasteiger partial charge >= 0.3 is 0 Å². The van der Waals surface area contributed by atoms with Gasteiger partial charge in [0.05, 0.1) is 11.2 Å². The molecule has 4 aromatic rings. The van der Waals surface area contributed by atoms with Crippen LogP contribution in [0.15, 0.2) is 60.8 Å². The fraction of sp³-hybridized carbons (Fsp3) is 0.100. The molecule has 0 spiro atoms. The summed E-state index contributed by atoms with van der Waals surface area (Å²) in [4.78, 5) is 0. The second-order valence-corrected chi connectivity index (χ2v) is 5.85. The minimum Gasteiger partial charge on any atom is -0.505 e. The number of aryl methyl sites for hydroxylation is 1. The Hall–Kier alpha value is -3.08. The van der Waals surface area contributed by atoms with Gasteiger partial charge in [0.2, 0.25) is 5.82 Å². The minimum atomic E-state index is -1.25. The number of phenols is 1. The van der Waals surface area contributed by atoms with E-state index in [9.17, 15) is 13.9 Å². The van der Waals surface area contributed by atoms with E-state index in [0.717, 1.165) is 23.0 Å². The molecule has 2 heterocycles. The molecule has 4 rings (SSSR count). The Balaban J connectivity index is 2.09. The Labute approximate surface area is 143 Å². The van der Waals surface area contributed by atoms with Crippen molar-refractivity contribution in [3.63, 3.8) is 0 Å². The molecule has 2 aromatic heterocycles. The van der Waals surface area contributed by atoms with E-state index in [0.29, 0.717) is 5.82 Å². The van der Waals surface area contributed by atoms with Gasteiger partial charge in [0.25, 0.3) is 0 Å². The largest absolute Gasteiger partial charge is 0.505 e. The van der Waals surface area contributed by atoms with Gasteiger partial charge in [0, 0.05) is 17.3 Å². The highest BCUT2D eigenvalue weighted by Crippen LogP contribution is 2.32. The van der Waals surface area contributed by atoms with Gasteiger partial charge in [-0.25, -0.2) is 4.39 Å². The molecule has 0 radical (unpaired) electrons. The standard InChI is InChI=1S/C20H16F2N2O/c1-2-14-7-5-11-23(14)18-12-13-6-3-4-8-15(13)24(18)16-9-10-17(25)20(22)19(16)21/h3-12,25H,2H2,1H3. The number of para-hydroxylation sites is 1. The molecule has 0 aliphatic carbocycles. The number of hydrogen-bond donors (Lipinski definition) is 1. The van der Waals surface area contributed by atoms with Crippen LogP contribution in [0.2, 0.25) is 0 Å². The zero-order valence-electron chi connectivity index (χ0n) is 13.6. The lowest BCUT2D eigenvalue weighted by atomic mass is 10.2. The van der Waals surface area contributed by atoms with Gasteiger partial charge in [-0.1, -0.05) is 25.1 Å². The van der Waals surface area contributed by atoms with Gasteiger partial charge in [-0.3, -0.25) is 4.57 Å². The molecule has 0 amide bonds. The van der Waals surface area contributed by atoms with Crippen LogP contribution < -0.4 is 0 Å². The summed E-state index contributed by atoms with van der Waals surface area (Å²) in [6.45, 7) is 2.04. The molecule has 0 bridgehead atoms. The smallest absolute Gasteiger partial charge is 0.202 e. The number of aromatic nitrogens is 2. The quantitative estimate of drug-likeness (QED) is 0.562. The molecular formula is C20H16F2N2O. The van der Waals surface area contributed by atoms with Crippen LogP contribution in [0.5, 0.6) is 5.75 Å². The molecule has 126 valence electrons. The zero-order valence-corrected chi connectivity index (χ0v) is 13.6. The van der Waals surface area contributed by atoms with Crippen molar-refractivity contribution in [2.24, 2.45) is 0 Å². The Morgan fingerprint density at radius 1 is 0.960 bits per heavy atom. The van der Waals surface area contributed by atoms with Crippen LogP contribution in [0.3, 0.4) is 0 Å². The van der Waals surface area contributed by atoms with Crippen LogP contribution in [0.4, 0.5) is 8.78 Å². The van der Waals surface area contributed by atoms with Gasteiger partial charge in [0.15, 0.2) is 11.6 Å². The van der Waals surface area contributed by atoms with Gasteiger partial charge in [-0.15, -0.1) is 0 Å². The second kappa shape index (κ2) is 5.77. The summed E-state index contributed by atoms with van der Waals surface area (Å²) in [7, 11) is 0. The van der Waals surface area contributed by atoms with Crippen LogP contribution in [0, 0.1) is 11.6 Å². The monoisotopic (exact) mass is 338 g/mol. The topological polar surface area (TPSA) is 30.1 Å². The molecule has 0 fully saturated rings. The van der Waals surface area contributed by atoms with Crippen LogP contribution >= 0.6 is 0 Å². The first kappa shape index (κ1) is 15.4. The van der Waals surface area contributed by atoms with Crippen molar-refractivity contribution in [1.29, 1.82) is 0 Å². The van der Waals surface area contributed by atoms with E-state index in [2.05, 4.69) is 0 Å². The first-order valence-corrected chi connectivity index (χ1v) is 8.06. The third-order valence-corrected chi connectivity index (χ3v) is 4.42. The SMILES string of the molecule is CCc1cccn1-c1cc2ccccc2n1-c1ccc(O)c(F)c1F. The fourth-order valence-electron chi connectivity index (χ4n) is 3.20. The van der Waals surface area contributed by atoms with Crippen molar-refractivity contribution in [1.82, 2.24) is 9.13 Å². The molecule has 0 unspecified atom stereocenters. The molecule has 0 saturated carbocycles. The molecule has 0 saturated heterocycles. The number of halogens is 2. The van der Waals surface area contributed by atoms with E-state index in [1.165, 1.54) is 12.1 Å². The number of benzene rings is 2. The average molecular weight is 338 g/mol. The highest BCUT2D eigenvalue weighted by molar-refractivity contribution is 5.85. The lowest BCUT2D eigenvalue weighted by molar-refractivity contribution is 0.406. The molecule has 2 aromatic carbocycles. The maximum absolute atomic E-state index is 14.6. The molecule has 0 atom stereocenters. The van der Waals surface area contributed by atoms with Crippen molar-refractivity contribution in [3.05, 3.63) is 78.1 Å². The van der Waals surface area contributed by atoms with Crippen LogP contribution in [-0.2, 0) is 6.42 Å². The number of hydrogen-bond acceptors (Lipinski definition) is 1. The predicted molar refractivity (Wildman–Crippen MR) is 93.6 cm³/mol. The van der Waals surface area contributed by atoms with E-state index in [1.54, 1.807) is 4.57 Å². The van der Waals surface area contributed by atoms with E-state index >= 15 is 0 Å². The summed E-state index contributed by atoms with van der Waals surface area (Å²) < 4.78 is 32.2. The summed E-state index contributed by atoms with van der Waals surface area (Å²) in [5, 5.41) is 10.4. The Bertz CT molecular complexity index is 1080. The maximum atomic E-state index is 14.6. The summed E-state index contributed by atoms with van der Waals surface area (Å²) in [5.41, 5.74) is 1.88. The second-order valence-electron chi connectivity index (χ2n) is 5.85. The van der Waals surface area contributed by atoms with E-state index < -0.39 is 17.4 Å². The van der Waals surface area contributed by atoms with Crippen molar-refractivity contribution in [2.75, 3.05) is 0 Å². The van der Waals surface area contributed by atoms with Crippen molar-refractivity contribution >= 4 is 10.9 Å². The number of nitrogens with zero attached hydrogens (tertiary/aromatic N) is 2. The Morgan fingerprint density at radius 3 is 2.56 bits per heavy atom. The number of rotatable bonds is 3. The lowest BCUT2D eigenvalue weighted by Crippen LogP contribution is -2.08.